The highest BCUT2D eigenvalue weighted by Gasteiger charge is 2.56. The number of aromatic nitrogens is 2. The highest BCUT2D eigenvalue weighted by molar-refractivity contribution is 5.65. The molecule has 4 rings (SSSR count). The van der Waals surface area contributed by atoms with E-state index < -0.39 is 47.5 Å². The van der Waals surface area contributed by atoms with E-state index in [9.17, 15) is 14.4 Å². The Hall–Kier alpha value is -2.75. The Morgan fingerprint density at radius 1 is 1.10 bits per heavy atom. The molecule has 0 bridgehead atoms. The molecule has 2 aliphatic rings. The Bertz CT molecular complexity index is 1040. The van der Waals surface area contributed by atoms with Gasteiger partial charge < -0.3 is 18.9 Å². The molecule has 2 aliphatic heterocycles. The Morgan fingerprint density at radius 2 is 1.80 bits per heavy atom. The number of esters is 1. The van der Waals surface area contributed by atoms with Crippen molar-refractivity contribution < 1.29 is 23.7 Å². The van der Waals surface area contributed by atoms with Gasteiger partial charge in [0.2, 0.25) is 0 Å². The minimum absolute atomic E-state index is 0.0230. The van der Waals surface area contributed by atoms with Crippen LogP contribution in [0.15, 0.2) is 52.2 Å². The van der Waals surface area contributed by atoms with Crippen molar-refractivity contribution in [3.05, 3.63) is 69.0 Å². The molecule has 2 saturated heterocycles. The molecule has 2 fully saturated rings. The van der Waals surface area contributed by atoms with Crippen molar-refractivity contribution in [2.45, 2.75) is 57.6 Å². The van der Waals surface area contributed by atoms with Crippen LogP contribution in [0.2, 0.25) is 0 Å². The lowest BCUT2D eigenvalue weighted by Crippen LogP contribution is -2.43. The summed E-state index contributed by atoms with van der Waals surface area (Å²) in [4.78, 5) is 36.8. The summed E-state index contributed by atoms with van der Waals surface area (Å²) >= 11 is 0. The molecule has 1 aromatic carbocycles. The molecule has 0 unspecified atom stereocenters. The molecular weight excluding hydrogens is 392 g/mol. The van der Waals surface area contributed by atoms with Crippen molar-refractivity contribution in [2.75, 3.05) is 6.61 Å². The van der Waals surface area contributed by atoms with Crippen LogP contribution in [0.4, 0.5) is 0 Å². The van der Waals surface area contributed by atoms with Crippen molar-refractivity contribution >= 4 is 5.97 Å². The third kappa shape index (κ3) is 3.96. The van der Waals surface area contributed by atoms with Crippen LogP contribution in [-0.2, 0) is 30.3 Å². The van der Waals surface area contributed by atoms with Crippen LogP contribution in [0.5, 0.6) is 0 Å². The number of ether oxygens (including phenoxy) is 4. The fraction of sp³-hybridized carbons (Fsp3) is 0.476. The van der Waals surface area contributed by atoms with Gasteiger partial charge in [0.1, 0.15) is 24.9 Å². The quantitative estimate of drug-likeness (QED) is 0.672. The fourth-order valence-corrected chi connectivity index (χ4v) is 3.85. The first kappa shape index (κ1) is 20.5. The molecule has 0 radical (unpaired) electrons. The summed E-state index contributed by atoms with van der Waals surface area (Å²) in [7, 11) is 0. The number of nitrogens with zero attached hydrogens (tertiary/aromatic N) is 2. The highest BCUT2D eigenvalue weighted by atomic mass is 16.8. The topological polar surface area (TPSA) is 98.0 Å². The smallest absolute Gasteiger partial charge is 0.333 e. The normalized spacial score (nSPS) is 27.0. The van der Waals surface area contributed by atoms with E-state index in [1.54, 1.807) is 13.8 Å². The Labute approximate surface area is 172 Å². The van der Waals surface area contributed by atoms with Crippen LogP contribution < -0.4 is 11.2 Å². The number of benzene rings is 1. The molecule has 0 aliphatic carbocycles. The first-order chi connectivity index (χ1) is 14.2. The summed E-state index contributed by atoms with van der Waals surface area (Å²) in [5, 5.41) is 0. The van der Waals surface area contributed by atoms with E-state index in [0.29, 0.717) is 0 Å². The first-order valence-corrected chi connectivity index (χ1v) is 9.75. The van der Waals surface area contributed by atoms with E-state index in [0.717, 1.165) is 10.1 Å². The average Bonchev–Trinajstić information content (AvgIpc) is 3.17. The molecule has 3 heterocycles. The van der Waals surface area contributed by atoms with Crippen LogP contribution in [0.1, 0.15) is 32.6 Å². The van der Waals surface area contributed by atoms with E-state index in [1.165, 1.54) is 23.8 Å². The van der Waals surface area contributed by atoms with Gasteiger partial charge in [-0.3, -0.25) is 18.7 Å². The number of fused-ring (bicyclic) bond motifs is 1. The van der Waals surface area contributed by atoms with Gasteiger partial charge >= 0.3 is 11.7 Å². The number of carbonyl (C=O) groups excluding carboxylic acids is 1. The summed E-state index contributed by atoms with van der Waals surface area (Å²) in [6, 6.07) is 10.6. The van der Waals surface area contributed by atoms with Gasteiger partial charge in [0, 0.05) is 19.2 Å². The predicted octanol–water partition coefficient (Wildman–Crippen LogP) is 1.04. The molecule has 0 N–H and O–H groups in total. The second kappa shape index (κ2) is 7.82. The molecule has 30 heavy (non-hydrogen) atoms. The SMILES string of the molecule is CC(=O)OC[C@H]1O[C@@H](n2ccc(=O)n(Cc3ccccc3)c2=O)[C@@H]2OC(C)(C)O[C@@H]21. The van der Waals surface area contributed by atoms with Gasteiger partial charge in [-0.2, -0.15) is 0 Å². The number of carbonyl (C=O) groups is 1. The number of hydrogen-bond acceptors (Lipinski definition) is 7. The van der Waals surface area contributed by atoms with Crippen LogP contribution in [0.3, 0.4) is 0 Å². The molecule has 0 amide bonds. The lowest BCUT2D eigenvalue weighted by molar-refractivity contribution is -0.202. The monoisotopic (exact) mass is 416 g/mol. The average molecular weight is 416 g/mol. The third-order valence-corrected chi connectivity index (χ3v) is 5.13. The lowest BCUT2D eigenvalue weighted by Gasteiger charge is -2.25. The molecule has 9 nitrogen and oxygen atoms in total. The van der Waals surface area contributed by atoms with Gasteiger partial charge in [0.15, 0.2) is 12.0 Å². The highest BCUT2D eigenvalue weighted by Crippen LogP contribution is 2.42. The van der Waals surface area contributed by atoms with E-state index in [4.69, 9.17) is 18.9 Å². The molecule has 0 spiro atoms. The van der Waals surface area contributed by atoms with Gasteiger partial charge in [-0.15, -0.1) is 0 Å². The minimum Gasteiger partial charge on any atom is -0.463 e. The maximum Gasteiger partial charge on any atom is 0.333 e. The zero-order valence-electron chi connectivity index (χ0n) is 17.0. The molecule has 1 aromatic heterocycles. The number of hydrogen-bond donors (Lipinski definition) is 0. The van der Waals surface area contributed by atoms with Crippen LogP contribution >= 0.6 is 0 Å². The molecular formula is C21H24N2O7. The van der Waals surface area contributed by atoms with Gasteiger partial charge in [-0.1, -0.05) is 30.3 Å². The van der Waals surface area contributed by atoms with E-state index in [-0.39, 0.29) is 13.2 Å². The van der Waals surface area contributed by atoms with Crippen molar-refractivity contribution in [3.8, 4) is 0 Å². The van der Waals surface area contributed by atoms with Crippen molar-refractivity contribution in [3.63, 3.8) is 0 Å². The zero-order valence-corrected chi connectivity index (χ0v) is 17.0. The van der Waals surface area contributed by atoms with Gasteiger partial charge in [-0.05, 0) is 19.4 Å². The summed E-state index contributed by atoms with van der Waals surface area (Å²) < 4.78 is 25.5. The largest absolute Gasteiger partial charge is 0.463 e. The molecule has 4 atom stereocenters. The summed E-state index contributed by atoms with van der Waals surface area (Å²) in [6.45, 7) is 4.96. The Morgan fingerprint density at radius 3 is 2.50 bits per heavy atom. The van der Waals surface area contributed by atoms with Gasteiger partial charge in [0.25, 0.3) is 5.56 Å². The molecule has 160 valence electrons. The fourth-order valence-electron chi connectivity index (χ4n) is 3.85. The van der Waals surface area contributed by atoms with Gasteiger partial charge in [-0.25, -0.2) is 4.79 Å². The Balaban J connectivity index is 1.67. The van der Waals surface area contributed by atoms with Crippen LogP contribution in [0, 0.1) is 0 Å². The summed E-state index contributed by atoms with van der Waals surface area (Å²) in [5.74, 6) is -1.32. The van der Waals surface area contributed by atoms with Crippen molar-refractivity contribution in [1.29, 1.82) is 0 Å². The van der Waals surface area contributed by atoms with Crippen molar-refractivity contribution in [1.82, 2.24) is 9.13 Å². The molecule has 2 aromatic rings. The summed E-state index contributed by atoms with van der Waals surface area (Å²) in [6.07, 6.45) is -1.15. The van der Waals surface area contributed by atoms with Crippen molar-refractivity contribution in [2.24, 2.45) is 0 Å². The maximum absolute atomic E-state index is 13.2. The molecule has 0 saturated carbocycles. The zero-order chi connectivity index (χ0) is 21.5. The third-order valence-electron chi connectivity index (χ3n) is 5.13. The lowest BCUT2D eigenvalue weighted by atomic mass is 10.1. The molecule has 9 heteroatoms. The van der Waals surface area contributed by atoms with E-state index in [2.05, 4.69) is 0 Å². The minimum atomic E-state index is -0.881. The van der Waals surface area contributed by atoms with E-state index in [1.807, 2.05) is 30.3 Å². The van der Waals surface area contributed by atoms with Gasteiger partial charge in [0.05, 0.1) is 6.54 Å². The first-order valence-electron chi connectivity index (χ1n) is 9.75. The van der Waals surface area contributed by atoms with Crippen LogP contribution in [-0.4, -0.2) is 45.8 Å². The second-order valence-corrected chi connectivity index (χ2v) is 7.85. The number of rotatable bonds is 5. The van der Waals surface area contributed by atoms with E-state index >= 15 is 0 Å². The Kier molecular flexibility index (Phi) is 5.35. The van der Waals surface area contributed by atoms with Crippen LogP contribution in [0.25, 0.3) is 0 Å². The predicted molar refractivity (Wildman–Crippen MR) is 105 cm³/mol. The second-order valence-electron chi connectivity index (χ2n) is 7.85. The summed E-state index contributed by atoms with van der Waals surface area (Å²) in [5.41, 5.74) is -0.0967. The maximum atomic E-state index is 13.2. The standard InChI is InChI=1S/C21H24N2O7/c1-13(24)27-12-15-17-18(30-21(2,3)29-17)19(28-15)22-10-9-16(25)23(20(22)26)11-14-7-5-4-6-8-14/h4-10,15,17-19H,11-12H2,1-3H3/t15-,17-,18-,19-/m1/s1.